The van der Waals surface area contributed by atoms with Gasteiger partial charge < -0.3 is 15.4 Å². The topological polar surface area (TPSA) is 85.5 Å². The molecule has 1 aromatic carbocycles. The van der Waals surface area contributed by atoms with Crippen molar-refractivity contribution in [2.75, 3.05) is 6.54 Å². The summed E-state index contributed by atoms with van der Waals surface area (Å²) in [4.78, 5) is 29.8. The Hall–Kier alpha value is -2.34. The number of rotatable bonds is 5. The predicted molar refractivity (Wildman–Crippen MR) is 99.6 cm³/mol. The summed E-state index contributed by atoms with van der Waals surface area (Å²) in [5.74, 6) is -0.0780. The van der Waals surface area contributed by atoms with Crippen LogP contribution in [0.15, 0.2) is 30.3 Å². The Morgan fingerprint density at radius 1 is 1.38 bits per heavy atom. The maximum Gasteiger partial charge on any atom is 0.405 e. The molecule has 0 saturated carbocycles. The summed E-state index contributed by atoms with van der Waals surface area (Å²) in [5.41, 5.74) is 6.22. The zero-order valence-electron chi connectivity index (χ0n) is 14.9. The lowest BCUT2D eigenvalue weighted by Crippen LogP contribution is -2.35. The molecule has 1 atom stereocenters. The molecule has 0 bridgehead atoms. The van der Waals surface area contributed by atoms with Gasteiger partial charge in [0.05, 0.1) is 5.52 Å². The van der Waals surface area contributed by atoms with Crippen LogP contribution in [0.3, 0.4) is 0 Å². The molecule has 2 amide bonds. The summed E-state index contributed by atoms with van der Waals surface area (Å²) in [5, 5.41) is 1.45. The van der Waals surface area contributed by atoms with Gasteiger partial charge in [-0.15, -0.1) is 0 Å². The van der Waals surface area contributed by atoms with Gasteiger partial charge in [-0.25, -0.2) is 9.78 Å². The van der Waals surface area contributed by atoms with Crippen LogP contribution in [0.25, 0.3) is 10.9 Å². The maximum absolute atomic E-state index is 12.7. The molecular formula is C19H22ClN3O3. The lowest BCUT2D eigenvalue weighted by Gasteiger charge is -2.26. The van der Waals surface area contributed by atoms with Crippen molar-refractivity contribution in [2.45, 2.75) is 38.8 Å². The molecule has 0 spiro atoms. The first-order valence-corrected chi connectivity index (χ1v) is 8.94. The second-order valence-electron chi connectivity index (χ2n) is 7.29. The molecule has 1 aliphatic rings. The number of nitrogens with zero attached hydrogens (tertiary/aromatic N) is 2. The van der Waals surface area contributed by atoms with Crippen LogP contribution in [-0.4, -0.2) is 34.0 Å². The van der Waals surface area contributed by atoms with Crippen molar-refractivity contribution in [1.82, 2.24) is 9.88 Å². The lowest BCUT2D eigenvalue weighted by molar-refractivity contribution is -0.133. The first-order valence-electron chi connectivity index (χ1n) is 8.56. The number of hydrogen-bond donors (Lipinski definition) is 1. The first-order chi connectivity index (χ1) is 12.2. The number of carbonyl (C=O) groups excluding carboxylic acids is 2. The van der Waals surface area contributed by atoms with E-state index < -0.39 is 11.7 Å². The summed E-state index contributed by atoms with van der Waals surface area (Å²) in [6, 6.07) is 9.59. The highest BCUT2D eigenvalue weighted by atomic mass is 35.5. The number of halogens is 1. The van der Waals surface area contributed by atoms with Crippen molar-refractivity contribution in [1.29, 1.82) is 0 Å². The lowest BCUT2D eigenvalue weighted by atomic mass is 9.92. The molecular weight excluding hydrogens is 354 g/mol. The number of aromatic nitrogens is 1. The van der Waals surface area contributed by atoms with E-state index in [9.17, 15) is 9.59 Å². The van der Waals surface area contributed by atoms with Gasteiger partial charge >= 0.3 is 6.09 Å². The summed E-state index contributed by atoms with van der Waals surface area (Å²) in [7, 11) is 0. The second kappa shape index (κ2) is 7.11. The molecule has 2 aromatic rings. The van der Waals surface area contributed by atoms with Crippen LogP contribution in [0.5, 0.6) is 0 Å². The quantitative estimate of drug-likeness (QED) is 0.810. The third kappa shape index (κ3) is 4.25. The third-order valence-corrected chi connectivity index (χ3v) is 4.83. The van der Waals surface area contributed by atoms with Crippen LogP contribution in [0.4, 0.5) is 4.79 Å². The first kappa shape index (κ1) is 18.5. The fourth-order valence-electron chi connectivity index (χ4n) is 3.53. The van der Waals surface area contributed by atoms with Gasteiger partial charge in [-0.1, -0.05) is 17.7 Å². The van der Waals surface area contributed by atoms with Gasteiger partial charge in [0.1, 0.15) is 10.8 Å². The number of fused-ring (bicyclic) bond motifs is 1. The number of nitrogens with two attached hydrogens (primary N) is 1. The SMILES string of the molecule is CC(C)(C[C@@H]1CCN(Cc2ccc3nc(Cl)ccc3c2)C1=O)OC(N)=O. The van der Waals surface area contributed by atoms with Crippen molar-refractivity contribution >= 4 is 34.5 Å². The van der Waals surface area contributed by atoms with Crippen molar-refractivity contribution in [3.63, 3.8) is 0 Å². The van der Waals surface area contributed by atoms with E-state index in [1.54, 1.807) is 19.9 Å². The molecule has 7 heteroatoms. The van der Waals surface area contributed by atoms with Crippen LogP contribution in [-0.2, 0) is 16.1 Å². The van der Waals surface area contributed by atoms with Gasteiger partial charge in [0.25, 0.3) is 0 Å². The van der Waals surface area contributed by atoms with E-state index in [0.29, 0.717) is 24.7 Å². The normalized spacial score (nSPS) is 17.7. The zero-order valence-corrected chi connectivity index (χ0v) is 15.6. The van der Waals surface area contributed by atoms with E-state index in [-0.39, 0.29) is 11.8 Å². The number of amides is 2. The molecule has 26 heavy (non-hydrogen) atoms. The van der Waals surface area contributed by atoms with E-state index in [1.165, 1.54) is 0 Å². The summed E-state index contributed by atoms with van der Waals surface area (Å²) in [6.45, 7) is 4.78. The van der Waals surface area contributed by atoms with Crippen LogP contribution in [0.1, 0.15) is 32.3 Å². The molecule has 2 heterocycles. The van der Waals surface area contributed by atoms with Gasteiger partial charge in [-0.05, 0) is 56.5 Å². The highest BCUT2D eigenvalue weighted by Gasteiger charge is 2.37. The standard InChI is InChI=1S/C19H22ClN3O3/c1-19(2,26-18(21)25)10-14-7-8-23(17(14)24)11-12-3-5-15-13(9-12)4-6-16(20)22-15/h3-6,9,14H,7-8,10-11H2,1-2H3,(H2,21,25)/t14-/m0/s1. The van der Waals surface area contributed by atoms with E-state index in [1.807, 2.05) is 29.2 Å². The average Bonchev–Trinajstić information content (AvgIpc) is 2.86. The van der Waals surface area contributed by atoms with Crippen LogP contribution in [0, 0.1) is 5.92 Å². The number of carbonyl (C=O) groups is 2. The smallest absolute Gasteiger partial charge is 0.405 e. The van der Waals surface area contributed by atoms with Crippen molar-refractivity contribution in [3.8, 4) is 0 Å². The fourth-order valence-corrected chi connectivity index (χ4v) is 3.68. The minimum absolute atomic E-state index is 0.0838. The van der Waals surface area contributed by atoms with Gasteiger partial charge in [0.2, 0.25) is 5.91 Å². The molecule has 1 aromatic heterocycles. The Morgan fingerprint density at radius 2 is 2.15 bits per heavy atom. The monoisotopic (exact) mass is 375 g/mol. The summed E-state index contributed by atoms with van der Waals surface area (Å²) in [6.07, 6.45) is 0.391. The minimum Gasteiger partial charge on any atom is -0.444 e. The van der Waals surface area contributed by atoms with Gasteiger partial charge in [-0.2, -0.15) is 0 Å². The zero-order chi connectivity index (χ0) is 18.9. The number of ether oxygens (including phenoxy) is 1. The highest BCUT2D eigenvalue weighted by molar-refractivity contribution is 6.29. The van der Waals surface area contributed by atoms with Gasteiger partial charge in [-0.3, -0.25) is 4.79 Å². The van der Waals surface area contributed by atoms with Crippen molar-refractivity contribution in [3.05, 3.63) is 41.0 Å². The second-order valence-corrected chi connectivity index (χ2v) is 7.68. The molecule has 0 unspecified atom stereocenters. The highest BCUT2D eigenvalue weighted by Crippen LogP contribution is 2.30. The molecule has 1 saturated heterocycles. The molecule has 3 rings (SSSR count). The number of likely N-dealkylation sites (tertiary alicyclic amines) is 1. The number of hydrogen-bond acceptors (Lipinski definition) is 4. The predicted octanol–water partition coefficient (Wildman–Crippen LogP) is 3.50. The third-order valence-electron chi connectivity index (χ3n) is 4.62. The van der Waals surface area contributed by atoms with E-state index in [0.717, 1.165) is 22.9 Å². The van der Waals surface area contributed by atoms with E-state index in [2.05, 4.69) is 4.98 Å². The van der Waals surface area contributed by atoms with Crippen molar-refractivity contribution in [2.24, 2.45) is 11.7 Å². The number of primary amides is 1. The van der Waals surface area contributed by atoms with Crippen LogP contribution in [0.2, 0.25) is 5.15 Å². The molecule has 0 aliphatic carbocycles. The Kier molecular flexibility index (Phi) is 5.05. The summed E-state index contributed by atoms with van der Waals surface area (Å²) < 4.78 is 5.11. The van der Waals surface area contributed by atoms with Crippen molar-refractivity contribution < 1.29 is 14.3 Å². The minimum atomic E-state index is -0.817. The van der Waals surface area contributed by atoms with Crippen LogP contribution >= 0.6 is 11.6 Å². The maximum atomic E-state index is 12.7. The Morgan fingerprint density at radius 3 is 2.88 bits per heavy atom. The molecule has 138 valence electrons. The molecule has 1 fully saturated rings. The number of pyridine rings is 1. The Bertz CT molecular complexity index is 853. The van der Waals surface area contributed by atoms with E-state index in [4.69, 9.17) is 22.1 Å². The molecule has 1 aliphatic heterocycles. The van der Waals surface area contributed by atoms with Gasteiger partial charge in [0, 0.05) is 24.4 Å². The number of benzene rings is 1. The largest absolute Gasteiger partial charge is 0.444 e. The van der Waals surface area contributed by atoms with Gasteiger partial charge in [0.15, 0.2) is 0 Å². The average molecular weight is 376 g/mol. The molecule has 0 radical (unpaired) electrons. The molecule has 6 nitrogen and oxygen atoms in total. The fraction of sp³-hybridized carbons (Fsp3) is 0.421. The van der Waals surface area contributed by atoms with Crippen LogP contribution < -0.4 is 5.73 Å². The van der Waals surface area contributed by atoms with E-state index >= 15 is 0 Å². The Balaban J connectivity index is 1.67. The summed E-state index contributed by atoms with van der Waals surface area (Å²) >= 11 is 5.91. The Labute approximate surface area is 157 Å². The molecule has 2 N–H and O–H groups in total.